The fourth-order valence-corrected chi connectivity index (χ4v) is 4.32. The molecule has 0 unspecified atom stereocenters. The molecule has 4 aromatic rings. The summed E-state index contributed by atoms with van der Waals surface area (Å²) in [6.07, 6.45) is -0.350. The van der Waals surface area contributed by atoms with Gasteiger partial charge in [-0.3, -0.25) is 4.57 Å². The quantitative estimate of drug-likeness (QED) is 0.375. The summed E-state index contributed by atoms with van der Waals surface area (Å²) in [5, 5.41) is 10.5. The van der Waals surface area contributed by atoms with Crippen molar-refractivity contribution in [3.05, 3.63) is 95.3 Å². The number of thioether (sulfide) groups is 1. The maximum Gasteiger partial charge on any atom is 0.196 e. The fourth-order valence-electron chi connectivity index (χ4n) is 3.28. The van der Waals surface area contributed by atoms with Crippen molar-refractivity contribution in [3.63, 3.8) is 0 Å². The summed E-state index contributed by atoms with van der Waals surface area (Å²) >= 11 is 7.62. The second kappa shape index (κ2) is 8.42. The monoisotopic (exact) mass is 435 g/mol. The first-order valence-corrected chi connectivity index (χ1v) is 10.9. The highest BCUT2D eigenvalue weighted by Crippen LogP contribution is 2.37. The Labute approximate surface area is 183 Å². The Kier molecular flexibility index (Phi) is 5.34. The van der Waals surface area contributed by atoms with Gasteiger partial charge in [0.25, 0.3) is 0 Å². The molecule has 0 radical (unpaired) electrons. The summed E-state index contributed by atoms with van der Waals surface area (Å²) in [7, 11) is 0. The number of ether oxygens (including phenoxy) is 2. The molecule has 3 aromatic carbocycles. The van der Waals surface area contributed by atoms with Crippen LogP contribution in [0.25, 0.3) is 5.69 Å². The van der Waals surface area contributed by atoms with E-state index in [1.54, 1.807) is 11.8 Å². The van der Waals surface area contributed by atoms with E-state index in [0.29, 0.717) is 18.2 Å². The summed E-state index contributed by atoms with van der Waals surface area (Å²) in [5.74, 6) is 2.94. The van der Waals surface area contributed by atoms with Gasteiger partial charge in [0.2, 0.25) is 0 Å². The predicted molar refractivity (Wildman–Crippen MR) is 118 cm³/mol. The Morgan fingerprint density at radius 1 is 0.900 bits per heavy atom. The largest absolute Gasteiger partial charge is 0.485 e. The molecule has 2 heterocycles. The standard InChI is InChI=1S/C23H18ClN3O2S/c24-17-12-10-16(11-13-17)15-30-23-26-25-22(27(23)18-6-2-1-3-7-18)21-14-28-19-8-4-5-9-20(19)29-21/h1-13,21H,14-15H2/t21-/m0/s1. The number of rotatable bonds is 5. The molecule has 7 heteroatoms. The van der Waals surface area contributed by atoms with Gasteiger partial charge in [-0.2, -0.15) is 0 Å². The summed E-state index contributed by atoms with van der Waals surface area (Å²) in [6.45, 7) is 0.379. The van der Waals surface area contributed by atoms with Crippen molar-refractivity contribution in [2.45, 2.75) is 17.0 Å². The van der Waals surface area contributed by atoms with Crippen molar-refractivity contribution in [1.29, 1.82) is 0 Å². The van der Waals surface area contributed by atoms with Gasteiger partial charge in [0.05, 0.1) is 0 Å². The molecule has 0 amide bonds. The maximum atomic E-state index is 6.20. The molecule has 1 aliphatic heterocycles. The number of nitrogens with zero attached hydrogens (tertiary/aromatic N) is 3. The lowest BCUT2D eigenvalue weighted by molar-refractivity contribution is 0.0835. The van der Waals surface area contributed by atoms with E-state index in [1.165, 1.54) is 5.56 Å². The van der Waals surface area contributed by atoms with E-state index in [-0.39, 0.29) is 6.10 Å². The van der Waals surface area contributed by atoms with Crippen LogP contribution in [0.15, 0.2) is 84.0 Å². The van der Waals surface area contributed by atoms with Crippen molar-refractivity contribution in [2.24, 2.45) is 0 Å². The van der Waals surface area contributed by atoms with Gasteiger partial charge in [-0.15, -0.1) is 10.2 Å². The lowest BCUT2D eigenvalue weighted by Gasteiger charge is -2.26. The smallest absolute Gasteiger partial charge is 0.196 e. The zero-order valence-electron chi connectivity index (χ0n) is 15.9. The molecule has 0 saturated carbocycles. The number of fused-ring (bicyclic) bond motifs is 1. The molecule has 0 N–H and O–H groups in total. The molecule has 30 heavy (non-hydrogen) atoms. The minimum atomic E-state index is -0.350. The first-order valence-electron chi connectivity index (χ1n) is 9.54. The highest BCUT2D eigenvalue weighted by atomic mass is 35.5. The van der Waals surface area contributed by atoms with Crippen LogP contribution in [-0.2, 0) is 5.75 Å². The molecular formula is C23H18ClN3O2S. The molecule has 0 saturated heterocycles. The number of para-hydroxylation sites is 3. The molecule has 1 atom stereocenters. The van der Waals surface area contributed by atoms with Crippen molar-refractivity contribution >= 4 is 23.4 Å². The molecule has 1 aromatic heterocycles. The molecule has 0 aliphatic carbocycles. The van der Waals surface area contributed by atoms with Crippen molar-refractivity contribution < 1.29 is 9.47 Å². The molecule has 5 nitrogen and oxygen atoms in total. The van der Waals surface area contributed by atoms with Crippen LogP contribution < -0.4 is 9.47 Å². The molecule has 1 aliphatic rings. The minimum absolute atomic E-state index is 0.350. The first kappa shape index (κ1) is 19.0. The minimum Gasteiger partial charge on any atom is -0.485 e. The Bertz CT molecular complexity index is 1150. The lowest BCUT2D eigenvalue weighted by Crippen LogP contribution is -2.24. The SMILES string of the molecule is Clc1ccc(CSc2nnc([C@@H]3COc4ccccc4O3)n2-c2ccccc2)cc1. The van der Waals surface area contributed by atoms with Crippen molar-refractivity contribution in [2.75, 3.05) is 6.61 Å². The van der Waals surface area contributed by atoms with Crippen molar-refractivity contribution in [3.8, 4) is 17.2 Å². The van der Waals surface area contributed by atoms with Crippen LogP contribution in [-0.4, -0.2) is 21.4 Å². The molecule has 0 bridgehead atoms. The van der Waals surface area contributed by atoms with Gasteiger partial charge in [-0.1, -0.05) is 65.8 Å². The highest BCUT2D eigenvalue weighted by molar-refractivity contribution is 7.98. The van der Waals surface area contributed by atoms with E-state index in [9.17, 15) is 0 Å². The number of halogens is 1. The highest BCUT2D eigenvalue weighted by Gasteiger charge is 2.29. The topological polar surface area (TPSA) is 49.2 Å². The Hall–Kier alpha value is -2.96. The van der Waals surface area contributed by atoms with Crippen LogP contribution in [0.1, 0.15) is 17.5 Å². The van der Waals surface area contributed by atoms with Gasteiger partial charge in [0.1, 0.15) is 6.61 Å². The summed E-state index contributed by atoms with van der Waals surface area (Å²) in [6, 6.07) is 25.6. The summed E-state index contributed by atoms with van der Waals surface area (Å²) < 4.78 is 14.1. The number of hydrogen-bond donors (Lipinski definition) is 0. The van der Waals surface area contributed by atoms with Gasteiger partial charge in [-0.05, 0) is 42.0 Å². The van der Waals surface area contributed by atoms with Crippen LogP contribution in [0, 0.1) is 0 Å². The third kappa shape index (κ3) is 3.88. The van der Waals surface area contributed by atoms with E-state index < -0.39 is 0 Å². The van der Waals surface area contributed by atoms with E-state index in [0.717, 1.165) is 27.4 Å². The first-order chi connectivity index (χ1) is 14.8. The van der Waals surface area contributed by atoms with E-state index in [1.807, 2.05) is 83.4 Å². The number of benzene rings is 3. The van der Waals surface area contributed by atoms with Crippen LogP contribution >= 0.6 is 23.4 Å². The summed E-state index contributed by atoms with van der Waals surface area (Å²) in [5.41, 5.74) is 2.15. The zero-order chi connectivity index (χ0) is 20.3. The lowest BCUT2D eigenvalue weighted by atomic mass is 10.2. The van der Waals surface area contributed by atoms with Crippen molar-refractivity contribution in [1.82, 2.24) is 14.8 Å². The van der Waals surface area contributed by atoms with Crippen LogP contribution in [0.5, 0.6) is 11.5 Å². The summed E-state index contributed by atoms with van der Waals surface area (Å²) in [4.78, 5) is 0. The zero-order valence-corrected chi connectivity index (χ0v) is 17.5. The van der Waals surface area contributed by atoms with Gasteiger partial charge in [-0.25, -0.2) is 0 Å². The van der Waals surface area contributed by atoms with Gasteiger partial charge < -0.3 is 9.47 Å². The molecular weight excluding hydrogens is 418 g/mol. The molecule has 150 valence electrons. The Morgan fingerprint density at radius 2 is 1.63 bits per heavy atom. The van der Waals surface area contributed by atoms with Gasteiger partial charge >= 0.3 is 0 Å². The van der Waals surface area contributed by atoms with Crippen LogP contribution in [0.3, 0.4) is 0 Å². The van der Waals surface area contributed by atoms with E-state index in [4.69, 9.17) is 21.1 Å². The number of aromatic nitrogens is 3. The second-order valence-corrected chi connectivity index (χ2v) is 8.17. The van der Waals surface area contributed by atoms with Crippen LogP contribution in [0.2, 0.25) is 5.02 Å². The Morgan fingerprint density at radius 3 is 2.43 bits per heavy atom. The van der Waals surface area contributed by atoms with Crippen LogP contribution in [0.4, 0.5) is 0 Å². The van der Waals surface area contributed by atoms with Gasteiger partial charge in [0.15, 0.2) is 28.6 Å². The average molecular weight is 436 g/mol. The molecule has 0 fully saturated rings. The molecule has 5 rings (SSSR count). The third-order valence-corrected chi connectivity index (χ3v) is 6.00. The maximum absolute atomic E-state index is 6.20. The Balaban J connectivity index is 1.47. The number of hydrogen-bond acceptors (Lipinski definition) is 5. The molecule has 0 spiro atoms. The van der Waals surface area contributed by atoms with E-state index >= 15 is 0 Å². The predicted octanol–water partition coefficient (Wildman–Crippen LogP) is 5.73. The normalized spacial score (nSPS) is 15.2. The fraction of sp³-hybridized carbons (Fsp3) is 0.130. The third-order valence-electron chi connectivity index (χ3n) is 4.75. The average Bonchev–Trinajstić information content (AvgIpc) is 3.23. The second-order valence-electron chi connectivity index (χ2n) is 6.79. The van der Waals surface area contributed by atoms with Gasteiger partial charge in [0, 0.05) is 16.5 Å². The van der Waals surface area contributed by atoms with E-state index in [2.05, 4.69) is 10.2 Å².